The van der Waals surface area contributed by atoms with Crippen LogP contribution in [-0.4, -0.2) is 87.1 Å². The van der Waals surface area contributed by atoms with E-state index in [1.54, 1.807) is 24.5 Å². The molecule has 5 aromatic rings. The Kier molecular flexibility index (Phi) is 9.42. The smallest absolute Gasteiger partial charge is 0.265 e. The van der Waals surface area contributed by atoms with Crippen molar-refractivity contribution < 1.29 is 32.2 Å². The minimum atomic E-state index is -2.36. The SMILES string of the molecule is CC1CN(Cc2ccc(-c3cc4c(-c5cc(F)cc(N6CCOc7cc(C8CC8)cc(F)c7C6=O)c5CO)ccnc4[nH]3)nc2)CC(C)N1CC(F)F. The number of nitrogens with zero attached hydrogens (tertiary/aromatic N) is 5. The number of carbonyl (C=O) groups excluding carboxylic acids is 1. The second kappa shape index (κ2) is 14.2. The average Bonchev–Trinajstić information content (AvgIpc) is 3.91. The number of halogens is 4. The van der Waals surface area contributed by atoms with Gasteiger partial charge in [0.2, 0.25) is 0 Å². The fourth-order valence-electron chi connectivity index (χ4n) is 8.01. The summed E-state index contributed by atoms with van der Waals surface area (Å²) in [6, 6.07) is 13.1. The maximum atomic E-state index is 15.5. The number of piperazine rings is 1. The van der Waals surface area contributed by atoms with Gasteiger partial charge in [0.25, 0.3) is 12.3 Å². The molecule has 13 heteroatoms. The Morgan fingerprint density at radius 1 is 1.00 bits per heavy atom. The van der Waals surface area contributed by atoms with Crippen molar-refractivity contribution in [1.29, 1.82) is 0 Å². The van der Waals surface area contributed by atoms with E-state index in [1.165, 1.54) is 23.1 Å². The predicted molar refractivity (Wildman–Crippen MR) is 193 cm³/mol. The molecule has 276 valence electrons. The molecule has 53 heavy (non-hydrogen) atoms. The minimum Gasteiger partial charge on any atom is -0.491 e. The van der Waals surface area contributed by atoms with Crippen LogP contribution < -0.4 is 9.64 Å². The number of fused-ring (bicyclic) bond motifs is 2. The number of aliphatic hydroxyl groups is 1. The van der Waals surface area contributed by atoms with Gasteiger partial charge in [-0.2, -0.15) is 0 Å². The highest BCUT2D eigenvalue weighted by molar-refractivity contribution is 6.09. The molecule has 0 bridgehead atoms. The van der Waals surface area contributed by atoms with Crippen molar-refractivity contribution in [3.8, 4) is 28.3 Å². The summed E-state index contributed by atoms with van der Waals surface area (Å²) in [6.07, 6.45) is 2.94. The lowest BCUT2D eigenvalue weighted by molar-refractivity contribution is -0.00759. The molecule has 1 saturated carbocycles. The maximum absolute atomic E-state index is 15.5. The molecule has 3 aromatic heterocycles. The van der Waals surface area contributed by atoms with Crippen LogP contribution in [0, 0.1) is 11.6 Å². The van der Waals surface area contributed by atoms with E-state index in [9.17, 15) is 18.7 Å². The number of H-pyrrole nitrogens is 1. The van der Waals surface area contributed by atoms with Crippen LogP contribution in [0.5, 0.6) is 5.75 Å². The standard InChI is InChI=1S/C40H40F4N6O3/c1-22-17-48(18-23(2)50(22)20-37(43)44)19-24-3-6-33(46-16-24)34-15-30-28(7-8-45-39(30)47-34)29-13-27(41)14-35(31(29)21-51)49-9-10-53-36-12-26(25-4-5-25)11-32(42)38(36)40(49)52/h3,6-8,11-16,22-23,25,37,51H,4-5,9-10,17-21H2,1-2H3,(H,45,47). The number of aliphatic hydroxyl groups excluding tert-OH is 1. The molecule has 1 aliphatic carbocycles. The third-order valence-corrected chi connectivity index (χ3v) is 10.7. The molecule has 5 heterocycles. The topological polar surface area (TPSA) is 97.8 Å². The third-order valence-electron chi connectivity index (χ3n) is 10.7. The van der Waals surface area contributed by atoms with Crippen LogP contribution >= 0.6 is 0 Å². The highest BCUT2D eigenvalue weighted by atomic mass is 19.3. The Morgan fingerprint density at radius 3 is 2.49 bits per heavy atom. The van der Waals surface area contributed by atoms with E-state index in [-0.39, 0.29) is 54.7 Å². The molecule has 2 N–H and O–H groups in total. The van der Waals surface area contributed by atoms with Gasteiger partial charge < -0.3 is 19.7 Å². The molecule has 2 atom stereocenters. The van der Waals surface area contributed by atoms with Crippen molar-refractivity contribution >= 4 is 22.6 Å². The van der Waals surface area contributed by atoms with Crippen molar-refractivity contribution in [3.05, 3.63) is 94.8 Å². The summed E-state index contributed by atoms with van der Waals surface area (Å²) in [6.45, 7) is 5.30. The molecule has 0 spiro atoms. The lowest BCUT2D eigenvalue weighted by Gasteiger charge is -2.44. The van der Waals surface area contributed by atoms with Crippen LogP contribution in [0.15, 0.2) is 60.9 Å². The van der Waals surface area contributed by atoms with Crippen LogP contribution in [0.1, 0.15) is 59.7 Å². The number of carbonyl (C=O) groups is 1. The van der Waals surface area contributed by atoms with Crippen molar-refractivity contribution in [2.45, 2.75) is 64.3 Å². The highest BCUT2D eigenvalue weighted by Crippen LogP contribution is 2.44. The number of ether oxygens (including phenoxy) is 1. The Morgan fingerprint density at radius 2 is 1.79 bits per heavy atom. The van der Waals surface area contributed by atoms with Crippen molar-refractivity contribution in [2.24, 2.45) is 0 Å². The predicted octanol–water partition coefficient (Wildman–Crippen LogP) is 7.14. The highest BCUT2D eigenvalue weighted by Gasteiger charge is 2.34. The van der Waals surface area contributed by atoms with Gasteiger partial charge in [0, 0.05) is 55.1 Å². The second-order valence-electron chi connectivity index (χ2n) is 14.4. The Labute approximate surface area is 304 Å². The molecular weight excluding hydrogens is 688 g/mol. The molecule has 8 rings (SSSR count). The number of nitrogens with one attached hydrogen (secondary N) is 1. The Hall–Kier alpha value is -4.85. The summed E-state index contributed by atoms with van der Waals surface area (Å²) < 4.78 is 63.0. The molecule has 2 aromatic carbocycles. The van der Waals surface area contributed by atoms with Gasteiger partial charge in [0.05, 0.1) is 36.8 Å². The number of aromatic amines is 1. The van der Waals surface area contributed by atoms with Gasteiger partial charge in [-0.15, -0.1) is 0 Å². The van der Waals surface area contributed by atoms with Crippen LogP contribution in [0.4, 0.5) is 23.2 Å². The summed E-state index contributed by atoms with van der Waals surface area (Å²) in [4.78, 5) is 31.8. The number of alkyl halides is 2. The number of aromatic nitrogens is 3. The Balaban J connectivity index is 1.07. The minimum absolute atomic E-state index is 0.00672. The molecule has 2 unspecified atom stereocenters. The van der Waals surface area contributed by atoms with Gasteiger partial charge >= 0.3 is 0 Å². The lowest BCUT2D eigenvalue weighted by Crippen LogP contribution is -2.57. The summed E-state index contributed by atoms with van der Waals surface area (Å²) >= 11 is 0. The number of benzene rings is 2. The fourth-order valence-corrected chi connectivity index (χ4v) is 8.01. The van der Waals surface area contributed by atoms with E-state index in [4.69, 9.17) is 9.72 Å². The quantitative estimate of drug-likeness (QED) is 0.156. The van der Waals surface area contributed by atoms with Crippen LogP contribution in [0.3, 0.4) is 0 Å². The zero-order valence-corrected chi connectivity index (χ0v) is 29.5. The van der Waals surface area contributed by atoms with Crippen LogP contribution in [-0.2, 0) is 13.2 Å². The number of pyridine rings is 2. The number of rotatable bonds is 9. The number of anilines is 1. The molecule has 3 aliphatic rings. The molecular formula is C40H40F4N6O3. The zero-order valence-electron chi connectivity index (χ0n) is 29.5. The van der Waals surface area contributed by atoms with Gasteiger partial charge in [-0.3, -0.25) is 19.6 Å². The lowest BCUT2D eigenvalue weighted by atomic mass is 9.95. The fraction of sp³-hybridized carbons (Fsp3) is 0.375. The first-order chi connectivity index (χ1) is 25.6. The van der Waals surface area contributed by atoms with Gasteiger partial charge in [-0.25, -0.2) is 22.5 Å². The molecule has 2 fully saturated rings. The number of hydrogen-bond donors (Lipinski definition) is 2. The number of amides is 1. The first kappa shape index (κ1) is 35.2. The van der Waals surface area contributed by atoms with Crippen LogP contribution in [0.25, 0.3) is 33.5 Å². The Bertz CT molecular complexity index is 2160. The third kappa shape index (κ3) is 6.89. The van der Waals surface area contributed by atoms with Gasteiger partial charge in [-0.05, 0) is 97.3 Å². The van der Waals surface area contributed by atoms with E-state index >= 15 is 8.78 Å². The first-order valence-corrected chi connectivity index (χ1v) is 18.0. The van der Waals surface area contributed by atoms with Crippen molar-refractivity contribution in [3.63, 3.8) is 0 Å². The van der Waals surface area contributed by atoms with Gasteiger partial charge in [-0.1, -0.05) is 6.07 Å². The molecule has 1 saturated heterocycles. The van der Waals surface area contributed by atoms with E-state index in [0.29, 0.717) is 58.7 Å². The summed E-state index contributed by atoms with van der Waals surface area (Å²) in [5.41, 5.74) is 4.80. The first-order valence-electron chi connectivity index (χ1n) is 18.0. The normalized spacial score (nSPS) is 19.8. The largest absolute Gasteiger partial charge is 0.491 e. The summed E-state index contributed by atoms with van der Waals surface area (Å²) in [7, 11) is 0. The van der Waals surface area contributed by atoms with E-state index in [0.717, 1.165) is 24.0 Å². The molecule has 0 radical (unpaired) electrons. The number of hydrogen-bond acceptors (Lipinski definition) is 7. The maximum Gasteiger partial charge on any atom is 0.265 e. The molecule has 1 amide bonds. The van der Waals surface area contributed by atoms with Crippen LogP contribution in [0.2, 0.25) is 0 Å². The van der Waals surface area contributed by atoms with Crippen molar-refractivity contribution in [1.82, 2.24) is 24.8 Å². The van der Waals surface area contributed by atoms with Crippen molar-refractivity contribution in [2.75, 3.05) is 37.7 Å². The second-order valence-corrected chi connectivity index (χ2v) is 14.4. The summed E-state index contributed by atoms with van der Waals surface area (Å²) in [5.74, 6) is -1.55. The van der Waals surface area contributed by atoms with E-state index in [2.05, 4.69) is 14.9 Å². The average molecular weight is 729 g/mol. The summed E-state index contributed by atoms with van der Waals surface area (Å²) in [5, 5.41) is 11.4. The van der Waals surface area contributed by atoms with E-state index < -0.39 is 30.6 Å². The van der Waals surface area contributed by atoms with E-state index in [1.807, 2.05) is 36.9 Å². The molecule has 9 nitrogen and oxygen atoms in total. The monoisotopic (exact) mass is 728 g/mol. The van der Waals surface area contributed by atoms with Gasteiger partial charge in [0.15, 0.2) is 0 Å². The van der Waals surface area contributed by atoms with Gasteiger partial charge in [0.1, 0.15) is 35.2 Å². The molecule has 2 aliphatic heterocycles. The zero-order chi connectivity index (χ0) is 37.0.